The van der Waals surface area contributed by atoms with Gasteiger partial charge in [-0.05, 0) is 18.8 Å². The first-order chi connectivity index (χ1) is 7.29. The van der Waals surface area contributed by atoms with E-state index >= 15 is 0 Å². The van der Waals surface area contributed by atoms with Crippen LogP contribution < -0.4 is 0 Å². The van der Waals surface area contributed by atoms with Crippen molar-refractivity contribution in [2.45, 2.75) is 18.9 Å². The molecular weight excluding hydrogens is 198 g/mol. The first kappa shape index (κ1) is 10.7. The fourth-order valence-electron chi connectivity index (χ4n) is 2.06. The van der Waals surface area contributed by atoms with E-state index in [0.717, 1.165) is 32.6 Å². The number of ether oxygens (including phenoxy) is 2. The molecule has 0 bridgehead atoms. The van der Waals surface area contributed by atoms with Gasteiger partial charge in [-0.2, -0.15) is 0 Å². The maximum Gasteiger partial charge on any atom is 0.410 e. The van der Waals surface area contributed by atoms with Gasteiger partial charge in [0.1, 0.15) is 6.10 Å². The number of aliphatic hydroxyl groups is 1. The SMILES string of the molecule is O=C1OC(CO)CN1CC1CCOCC1. The number of cyclic esters (lactones) is 1. The molecule has 0 saturated carbocycles. The molecule has 5 nitrogen and oxygen atoms in total. The van der Waals surface area contributed by atoms with Gasteiger partial charge in [0.15, 0.2) is 0 Å². The van der Waals surface area contributed by atoms with Crippen LogP contribution in [0.1, 0.15) is 12.8 Å². The van der Waals surface area contributed by atoms with Crippen molar-refractivity contribution in [2.24, 2.45) is 5.92 Å². The standard InChI is InChI=1S/C10H17NO4/c12-7-9-6-11(10(13)15-9)5-8-1-3-14-4-2-8/h8-9,12H,1-7H2. The molecular formula is C10H17NO4. The van der Waals surface area contributed by atoms with Crippen LogP contribution in [0.4, 0.5) is 4.79 Å². The Morgan fingerprint density at radius 1 is 1.40 bits per heavy atom. The molecule has 2 fully saturated rings. The molecule has 0 radical (unpaired) electrons. The smallest absolute Gasteiger partial charge is 0.410 e. The van der Waals surface area contributed by atoms with E-state index in [2.05, 4.69) is 0 Å². The summed E-state index contributed by atoms with van der Waals surface area (Å²) >= 11 is 0. The number of hydrogen-bond donors (Lipinski definition) is 1. The molecule has 86 valence electrons. The van der Waals surface area contributed by atoms with Gasteiger partial charge in [-0.25, -0.2) is 4.79 Å². The number of nitrogens with zero attached hydrogens (tertiary/aromatic N) is 1. The highest BCUT2D eigenvalue weighted by Crippen LogP contribution is 2.19. The predicted molar refractivity (Wildman–Crippen MR) is 52.5 cm³/mol. The Morgan fingerprint density at radius 2 is 2.13 bits per heavy atom. The van der Waals surface area contributed by atoms with E-state index in [1.807, 2.05) is 0 Å². The molecule has 0 aromatic rings. The van der Waals surface area contributed by atoms with E-state index in [9.17, 15) is 4.79 Å². The minimum atomic E-state index is -0.336. The third-order valence-corrected chi connectivity index (χ3v) is 2.97. The first-order valence-electron chi connectivity index (χ1n) is 5.43. The summed E-state index contributed by atoms with van der Waals surface area (Å²) in [6.07, 6.45) is 1.39. The summed E-state index contributed by atoms with van der Waals surface area (Å²) in [4.78, 5) is 13.1. The number of amides is 1. The van der Waals surface area contributed by atoms with Crippen molar-refractivity contribution in [3.8, 4) is 0 Å². The van der Waals surface area contributed by atoms with E-state index in [0.29, 0.717) is 12.5 Å². The topological polar surface area (TPSA) is 59.0 Å². The number of aliphatic hydroxyl groups excluding tert-OH is 1. The third-order valence-electron chi connectivity index (χ3n) is 2.97. The number of rotatable bonds is 3. The summed E-state index contributed by atoms with van der Waals surface area (Å²) < 4.78 is 10.2. The Balaban J connectivity index is 1.81. The van der Waals surface area contributed by atoms with E-state index in [1.54, 1.807) is 4.90 Å². The molecule has 0 aromatic heterocycles. The van der Waals surface area contributed by atoms with E-state index in [4.69, 9.17) is 14.6 Å². The molecule has 1 atom stereocenters. The van der Waals surface area contributed by atoms with Crippen LogP contribution in [-0.2, 0) is 9.47 Å². The fraction of sp³-hybridized carbons (Fsp3) is 0.900. The van der Waals surface area contributed by atoms with E-state index < -0.39 is 0 Å². The number of carbonyl (C=O) groups is 1. The van der Waals surface area contributed by atoms with Crippen molar-refractivity contribution in [3.05, 3.63) is 0 Å². The summed E-state index contributed by atoms with van der Waals surface area (Å²) in [6.45, 7) is 2.75. The molecule has 1 N–H and O–H groups in total. The van der Waals surface area contributed by atoms with Gasteiger partial charge >= 0.3 is 6.09 Å². The van der Waals surface area contributed by atoms with Crippen LogP contribution in [0.2, 0.25) is 0 Å². The summed E-state index contributed by atoms with van der Waals surface area (Å²) in [7, 11) is 0. The molecule has 0 aliphatic carbocycles. The Labute approximate surface area is 89.0 Å². The van der Waals surface area contributed by atoms with Gasteiger partial charge in [-0.1, -0.05) is 0 Å². The van der Waals surface area contributed by atoms with Crippen LogP contribution in [0.3, 0.4) is 0 Å². The molecule has 2 saturated heterocycles. The molecule has 0 aromatic carbocycles. The monoisotopic (exact) mass is 215 g/mol. The molecule has 15 heavy (non-hydrogen) atoms. The van der Waals surface area contributed by atoms with Gasteiger partial charge in [0.25, 0.3) is 0 Å². The molecule has 2 heterocycles. The van der Waals surface area contributed by atoms with Crippen LogP contribution >= 0.6 is 0 Å². The lowest BCUT2D eigenvalue weighted by atomic mass is 10.00. The van der Waals surface area contributed by atoms with Crippen molar-refractivity contribution >= 4 is 6.09 Å². The number of carbonyl (C=O) groups excluding carboxylic acids is 1. The van der Waals surface area contributed by atoms with Gasteiger partial charge in [0.05, 0.1) is 13.2 Å². The second-order valence-corrected chi connectivity index (χ2v) is 4.15. The molecule has 2 aliphatic rings. The van der Waals surface area contributed by atoms with Gasteiger partial charge in [-0.3, -0.25) is 0 Å². The molecule has 2 rings (SSSR count). The first-order valence-corrected chi connectivity index (χ1v) is 5.43. The maximum atomic E-state index is 11.4. The molecule has 5 heteroatoms. The lowest BCUT2D eigenvalue weighted by Gasteiger charge is -2.25. The van der Waals surface area contributed by atoms with Crippen LogP contribution in [-0.4, -0.2) is 55.1 Å². The summed E-state index contributed by atoms with van der Waals surface area (Å²) in [5.74, 6) is 0.517. The van der Waals surface area contributed by atoms with Crippen molar-refractivity contribution in [3.63, 3.8) is 0 Å². The van der Waals surface area contributed by atoms with Crippen molar-refractivity contribution in [2.75, 3.05) is 32.9 Å². The van der Waals surface area contributed by atoms with Crippen LogP contribution in [0.25, 0.3) is 0 Å². The zero-order chi connectivity index (χ0) is 10.7. The lowest BCUT2D eigenvalue weighted by Crippen LogP contribution is -2.33. The van der Waals surface area contributed by atoms with Crippen LogP contribution in [0, 0.1) is 5.92 Å². The lowest BCUT2D eigenvalue weighted by molar-refractivity contribution is 0.0571. The third kappa shape index (κ3) is 2.60. The van der Waals surface area contributed by atoms with Crippen molar-refractivity contribution < 1.29 is 19.4 Å². The molecule has 0 spiro atoms. The van der Waals surface area contributed by atoms with Crippen molar-refractivity contribution in [1.82, 2.24) is 4.90 Å². The zero-order valence-electron chi connectivity index (χ0n) is 8.72. The minimum Gasteiger partial charge on any atom is -0.442 e. The Morgan fingerprint density at radius 3 is 2.73 bits per heavy atom. The Kier molecular flexibility index (Phi) is 3.43. The average Bonchev–Trinajstić information content (AvgIpc) is 2.61. The fourth-order valence-corrected chi connectivity index (χ4v) is 2.06. The summed E-state index contributed by atoms with van der Waals surface area (Å²) in [6, 6.07) is 0. The van der Waals surface area contributed by atoms with Gasteiger partial charge < -0.3 is 19.5 Å². The van der Waals surface area contributed by atoms with E-state index in [-0.39, 0.29) is 18.8 Å². The highest BCUT2D eigenvalue weighted by Gasteiger charge is 2.32. The minimum absolute atomic E-state index is 0.0873. The van der Waals surface area contributed by atoms with Gasteiger partial charge in [0, 0.05) is 19.8 Å². The number of hydrogen-bond acceptors (Lipinski definition) is 4. The van der Waals surface area contributed by atoms with Crippen molar-refractivity contribution in [1.29, 1.82) is 0 Å². The second kappa shape index (κ2) is 4.81. The molecule has 2 aliphatic heterocycles. The van der Waals surface area contributed by atoms with Gasteiger partial charge in [-0.15, -0.1) is 0 Å². The summed E-state index contributed by atoms with van der Waals surface area (Å²) in [5.41, 5.74) is 0. The largest absolute Gasteiger partial charge is 0.442 e. The molecule has 1 unspecified atom stereocenters. The predicted octanol–water partition coefficient (Wildman–Crippen LogP) is 0.226. The second-order valence-electron chi connectivity index (χ2n) is 4.15. The molecule has 1 amide bonds. The van der Waals surface area contributed by atoms with Crippen LogP contribution in [0.5, 0.6) is 0 Å². The quantitative estimate of drug-likeness (QED) is 0.732. The highest BCUT2D eigenvalue weighted by atomic mass is 16.6. The zero-order valence-corrected chi connectivity index (χ0v) is 8.72. The normalized spacial score (nSPS) is 28.2. The Bertz CT molecular complexity index is 227. The van der Waals surface area contributed by atoms with Crippen LogP contribution in [0.15, 0.2) is 0 Å². The maximum absolute atomic E-state index is 11.4. The highest BCUT2D eigenvalue weighted by molar-refractivity contribution is 5.69. The van der Waals surface area contributed by atoms with E-state index in [1.165, 1.54) is 0 Å². The van der Waals surface area contributed by atoms with Gasteiger partial charge in [0.2, 0.25) is 0 Å². The average molecular weight is 215 g/mol. The summed E-state index contributed by atoms with van der Waals surface area (Å²) in [5, 5.41) is 8.88. The Hall–Kier alpha value is -0.810.